The third kappa shape index (κ3) is 4.04. The molecule has 0 fully saturated rings. The molecule has 10 heteroatoms. The molecule has 0 saturated heterocycles. The normalized spacial score (nSPS) is 18.9. The number of hydrazone groups is 1. The van der Waals surface area contributed by atoms with Crippen molar-refractivity contribution in [1.82, 2.24) is 5.01 Å². The van der Waals surface area contributed by atoms with Crippen molar-refractivity contribution in [2.75, 3.05) is 6.61 Å². The largest absolute Gasteiger partial charge is 0.482 e. The van der Waals surface area contributed by atoms with E-state index in [0.717, 1.165) is 0 Å². The lowest BCUT2D eigenvalue weighted by molar-refractivity contribution is -0.302. The van der Waals surface area contributed by atoms with Gasteiger partial charge in [-0.1, -0.05) is 35.9 Å². The molecule has 1 amide bonds. The summed E-state index contributed by atoms with van der Waals surface area (Å²) in [6.07, 6.45) is -6.11. The van der Waals surface area contributed by atoms with E-state index in [1.54, 1.807) is 12.1 Å². The zero-order chi connectivity index (χ0) is 21.2. The zero-order valence-electron chi connectivity index (χ0n) is 14.7. The van der Waals surface area contributed by atoms with Gasteiger partial charge < -0.3 is 9.84 Å². The van der Waals surface area contributed by atoms with Crippen molar-refractivity contribution in [1.29, 1.82) is 5.26 Å². The maximum atomic E-state index is 13.6. The second-order valence-electron chi connectivity index (χ2n) is 6.15. The Balaban J connectivity index is 1.87. The van der Waals surface area contributed by atoms with Crippen LogP contribution in [0.25, 0.3) is 0 Å². The molecule has 1 heterocycles. The van der Waals surface area contributed by atoms with Crippen LogP contribution in [0.15, 0.2) is 53.6 Å². The average molecular weight is 424 g/mol. The number of carbonyl (C=O) groups excluding carboxylic acids is 1. The number of amides is 1. The van der Waals surface area contributed by atoms with Crippen LogP contribution >= 0.6 is 11.6 Å². The number of nitrogens with zero attached hydrogens (tertiary/aromatic N) is 3. The first kappa shape index (κ1) is 20.6. The molecule has 2 aromatic rings. The molecule has 1 atom stereocenters. The standard InChI is InChI=1S/C19H13ClF3N3O3/c20-14-7-5-12(6-8-14)15-9-18(28,19(21,22)23)26(25-15)17(27)11-29-16-4-2-1-3-13(16)10-24/h1-8,28H,9,11H2/t18-/m0/s1. The van der Waals surface area contributed by atoms with Crippen LogP contribution in [0.4, 0.5) is 13.2 Å². The molecule has 6 nitrogen and oxygen atoms in total. The van der Waals surface area contributed by atoms with Crippen molar-refractivity contribution in [2.24, 2.45) is 5.10 Å². The van der Waals surface area contributed by atoms with Gasteiger partial charge in [0.15, 0.2) is 6.61 Å². The van der Waals surface area contributed by atoms with Gasteiger partial charge in [-0.2, -0.15) is 28.5 Å². The minimum Gasteiger partial charge on any atom is -0.482 e. The van der Waals surface area contributed by atoms with E-state index in [1.165, 1.54) is 36.4 Å². The molecule has 0 bridgehead atoms. The van der Waals surface area contributed by atoms with Crippen molar-refractivity contribution < 1.29 is 27.8 Å². The topological polar surface area (TPSA) is 85.9 Å². The summed E-state index contributed by atoms with van der Waals surface area (Å²) in [7, 11) is 0. The Kier molecular flexibility index (Phi) is 5.50. The van der Waals surface area contributed by atoms with E-state index in [-0.39, 0.29) is 27.6 Å². The fourth-order valence-electron chi connectivity index (χ4n) is 2.72. The van der Waals surface area contributed by atoms with E-state index in [4.69, 9.17) is 21.6 Å². The fraction of sp³-hybridized carbons (Fsp3) is 0.211. The van der Waals surface area contributed by atoms with E-state index >= 15 is 0 Å². The third-order valence-corrected chi connectivity index (χ3v) is 4.46. The second-order valence-corrected chi connectivity index (χ2v) is 6.58. The molecular formula is C19H13ClF3N3O3. The van der Waals surface area contributed by atoms with Gasteiger partial charge in [0.25, 0.3) is 11.6 Å². The highest BCUT2D eigenvalue weighted by molar-refractivity contribution is 6.30. The van der Waals surface area contributed by atoms with Crippen molar-refractivity contribution in [3.8, 4) is 11.8 Å². The van der Waals surface area contributed by atoms with E-state index < -0.39 is 30.8 Å². The number of ether oxygens (including phenoxy) is 1. The summed E-state index contributed by atoms with van der Waals surface area (Å²) in [5.41, 5.74) is -3.26. The predicted octanol–water partition coefficient (Wildman–Crippen LogP) is 3.48. The van der Waals surface area contributed by atoms with E-state index in [2.05, 4.69) is 5.10 Å². The van der Waals surface area contributed by atoms with Gasteiger partial charge in [0.05, 0.1) is 17.7 Å². The van der Waals surface area contributed by atoms with Crippen molar-refractivity contribution in [2.45, 2.75) is 18.3 Å². The lowest BCUT2D eigenvalue weighted by Gasteiger charge is -2.32. The Morgan fingerprint density at radius 3 is 2.55 bits per heavy atom. The van der Waals surface area contributed by atoms with Crippen LogP contribution in [0.2, 0.25) is 5.02 Å². The minimum atomic E-state index is -5.16. The Morgan fingerprint density at radius 1 is 1.28 bits per heavy atom. The molecule has 0 aliphatic carbocycles. The van der Waals surface area contributed by atoms with Gasteiger partial charge in [0, 0.05) is 5.02 Å². The highest BCUT2D eigenvalue weighted by atomic mass is 35.5. The Hall–Kier alpha value is -3.09. The summed E-state index contributed by atoms with van der Waals surface area (Å²) in [6, 6.07) is 13.6. The number of halogens is 4. The smallest absolute Gasteiger partial charge is 0.438 e. The second kappa shape index (κ2) is 7.73. The van der Waals surface area contributed by atoms with E-state index in [1.807, 2.05) is 6.07 Å². The number of hydrogen-bond acceptors (Lipinski definition) is 5. The molecule has 1 aliphatic rings. The first-order valence-corrected chi connectivity index (χ1v) is 8.61. The highest BCUT2D eigenvalue weighted by Gasteiger charge is 2.63. The first-order chi connectivity index (χ1) is 13.7. The quantitative estimate of drug-likeness (QED) is 0.815. The van der Waals surface area contributed by atoms with Gasteiger partial charge in [-0.15, -0.1) is 0 Å². The number of rotatable bonds is 4. The van der Waals surface area contributed by atoms with Gasteiger partial charge in [0.2, 0.25) is 0 Å². The van der Waals surface area contributed by atoms with Crippen LogP contribution in [-0.2, 0) is 4.79 Å². The van der Waals surface area contributed by atoms with Crippen molar-refractivity contribution in [3.05, 3.63) is 64.7 Å². The summed E-state index contributed by atoms with van der Waals surface area (Å²) < 4.78 is 45.9. The van der Waals surface area contributed by atoms with Gasteiger partial charge >= 0.3 is 6.18 Å². The maximum Gasteiger partial charge on any atom is 0.438 e. The Morgan fingerprint density at radius 2 is 1.93 bits per heavy atom. The van der Waals surface area contributed by atoms with E-state index in [9.17, 15) is 23.1 Å². The number of aliphatic hydroxyl groups is 1. The molecule has 0 saturated carbocycles. The molecular weight excluding hydrogens is 411 g/mol. The summed E-state index contributed by atoms with van der Waals surface area (Å²) in [5, 5.41) is 23.3. The van der Waals surface area contributed by atoms with Crippen LogP contribution in [0.1, 0.15) is 17.5 Å². The lowest BCUT2D eigenvalue weighted by atomic mass is 10.0. The van der Waals surface area contributed by atoms with Crippen molar-refractivity contribution >= 4 is 23.2 Å². The van der Waals surface area contributed by atoms with Gasteiger partial charge in [-0.25, -0.2) is 0 Å². The molecule has 0 spiro atoms. The summed E-state index contributed by atoms with van der Waals surface area (Å²) in [4.78, 5) is 12.4. The Bertz CT molecular complexity index is 1000. The molecule has 1 aliphatic heterocycles. The first-order valence-electron chi connectivity index (χ1n) is 8.23. The maximum absolute atomic E-state index is 13.6. The van der Waals surface area contributed by atoms with Crippen LogP contribution in [0, 0.1) is 11.3 Å². The van der Waals surface area contributed by atoms with Gasteiger partial charge in [-0.3, -0.25) is 4.79 Å². The number of hydrogen-bond donors (Lipinski definition) is 1. The Labute approximate surface area is 168 Å². The summed E-state index contributed by atoms with van der Waals surface area (Å²) >= 11 is 5.78. The molecule has 29 heavy (non-hydrogen) atoms. The SMILES string of the molecule is N#Cc1ccccc1OCC(=O)N1N=C(c2ccc(Cl)cc2)C[C@]1(O)C(F)(F)F. The molecule has 3 rings (SSSR count). The molecule has 1 N–H and O–H groups in total. The number of benzene rings is 2. The number of carbonyl (C=O) groups is 1. The zero-order valence-corrected chi connectivity index (χ0v) is 15.4. The molecule has 0 aromatic heterocycles. The molecule has 2 aromatic carbocycles. The summed E-state index contributed by atoms with van der Waals surface area (Å²) in [5.74, 6) is -1.19. The lowest BCUT2D eigenvalue weighted by Crippen LogP contribution is -2.57. The average Bonchev–Trinajstić information content (AvgIpc) is 3.06. The van der Waals surface area contributed by atoms with Gasteiger partial charge in [0.1, 0.15) is 11.8 Å². The highest BCUT2D eigenvalue weighted by Crippen LogP contribution is 2.41. The number of nitriles is 1. The van der Waals surface area contributed by atoms with Crippen LogP contribution < -0.4 is 4.74 Å². The van der Waals surface area contributed by atoms with E-state index in [0.29, 0.717) is 5.02 Å². The van der Waals surface area contributed by atoms with Crippen LogP contribution in [0.5, 0.6) is 5.75 Å². The van der Waals surface area contributed by atoms with Gasteiger partial charge in [-0.05, 0) is 29.8 Å². The molecule has 150 valence electrons. The number of alkyl halides is 3. The summed E-state index contributed by atoms with van der Waals surface area (Å²) in [6.45, 7) is -0.853. The molecule has 0 radical (unpaired) electrons. The van der Waals surface area contributed by atoms with Crippen molar-refractivity contribution in [3.63, 3.8) is 0 Å². The minimum absolute atomic E-state index is 0.0219. The molecule has 0 unspecified atom stereocenters. The predicted molar refractivity (Wildman–Crippen MR) is 97.1 cm³/mol. The van der Waals surface area contributed by atoms with Crippen LogP contribution in [-0.4, -0.2) is 40.2 Å². The fourth-order valence-corrected chi connectivity index (χ4v) is 2.84. The third-order valence-electron chi connectivity index (χ3n) is 4.21. The van der Waals surface area contributed by atoms with Crippen LogP contribution in [0.3, 0.4) is 0 Å². The number of para-hydroxylation sites is 1. The monoisotopic (exact) mass is 423 g/mol.